The summed E-state index contributed by atoms with van der Waals surface area (Å²) in [5.41, 5.74) is 7.43. The fraction of sp³-hybridized carbons (Fsp3) is 0.231. The van der Waals surface area contributed by atoms with E-state index in [0.29, 0.717) is 13.0 Å². The third-order valence-corrected chi connectivity index (χ3v) is 3.59. The molecule has 5 nitrogen and oxygen atoms in total. The molecular weight excluding hydrogens is 230 g/mol. The van der Waals surface area contributed by atoms with Gasteiger partial charge in [-0.1, -0.05) is 24.3 Å². The molecule has 2 heterocycles. The van der Waals surface area contributed by atoms with Gasteiger partial charge in [-0.25, -0.2) is 0 Å². The third-order valence-electron chi connectivity index (χ3n) is 3.59. The quantitative estimate of drug-likeness (QED) is 0.678. The number of nitrogens with one attached hydrogen (secondary N) is 1. The fourth-order valence-corrected chi connectivity index (χ4v) is 2.68. The van der Waals surface area contributed by atoms with E-state index in [0.717, 1.165) is 11.1 Å². The van der Waals surface area contributed by atoms with Gasteiger partial charge in [0.05, 0.1) is 6.04 Å². The molecule has 0 radical (unpaired) electrons. The van der Waals surface area contributed by atoms with Crippen molar-refractivity contribution in [2.45, 2.75) is 19.0 Å². The number of amides is 1. The summed E-state index contributed by atoms with van der Waals surface area (Å²) in [5.74, 6) is -0.780. The molecule has 0 aliphatic carbocycles. The van der Waals surface area contributed by atoms with Crippen LogP contribution < -0.4 is 5.73 Å². The van der Waals surface area contributed by atoms with Crippen LogP contribution in [0, 0.1) is 5.41 Å². The number of carbonyl (C=O) groups is 1. The Labute approximate surface area is 104 Å². The molecular formula is C13H13N3O2. The smallest absolute Gasteiger partial charge is 0.255 e. The Bertz CT molecular complexity index is 592. The zero-order valence-corrected chi connectivity index (χ0v) is 9.68. The Morgan fingerprint density at radius 2 is 2.06 bits per heavy atom. The summed E-state index contributed by atoms with van der Waals surface area (Å²) >= 11 is 0. The van der Waals surface area contributed by atoms with Gasteiger partial charge in [0.15, 0.2) is 0 Å². The van der Waals surface area contributed by atoms with Crippen LogP contribution in [-0.4, -0.2) is 27.8 Å². The molecule has 0 bridgehead atoms. The highest BCUT2D eigenvalue weighted by Gasteiger charge is 2.41. The Balaban J connectivity index is 2.04. The second-order valence-electron chi connectivity index (χ2n) is 4.59. The average molecular weight is 243 g/mol. The van der Waals surface area contributed by atoms with Gasteiger partial charge in [-0.2, -0.15) is 0 Å². The van der Waals surface area contributed by atoms with Gasteiger partial charge in [0.25, 0.3) is 5.91 Å². The van der Waals surface area contributed by atoms with Crippen molar-refractivity contribution in [1.82, 2.24) is 4.90 Å². The number of nitrogens with zero attached hydrogens (tertiary/aromatic N) is 1. The van der Waals surface area contributed by atoms with Gasteiger partial charge in [0.2, 0.25) is 0 Å². The first-order valence-corrected chi connectivity index (χ1v) is 5.75. The monoisotopic (exact) mass is 243 g/mol. The van der Waals surface area contributed by atoms with Crippen LogP contribution in [-0.2, 0) is 17.8 Å². The van der Waals surface area contributed by atoms with Crippen molar-refractivity contribution >= 4 is 11.7 Å². The van der Waals surface area contributed by atoms with Crippen molar-refractivity contribution in [3.05, 3.63) is 46.7 Å². The Kier molecular flexibility index (Phi) is 2.16. The zero-order valence-electron chi connectivity index (χ0n) is 9.68. The van der Waals surface area contributed by atoms with Crippen LogP contribution in [0.3, 0.4) is 0 Å². The predicted molar refractivity (Wildman–Crippen MR) is 66.1 cm³/mol. The third kappa shape index (κ3) is 1.33. The van der Waals surface area contributed by atoms with E-state index in [1.54, 1.807) is 4.90 Å². The van der Waals surface area contributed by atoms with Crippen LogP contribution in [0.15, 0.2) is 35.6 Å². The van der Waals surface area contributed by atoms with E-state index in [9.17, 15) is 9.90 Å². The topological polar surface area (TPSA) is 90.4 Å². The van der Waals surface area contributed by atoms with E-state index in [2.05, 4.69) is 0 Å². The van der Waals surface area contributed by atoms with Crippen molar-refractivity contribution in [1.29, 1.82) is 5.41 Å². The van der Waals surface area contributed by atoms with Crippen LogP contribution in [0.25, 0.3) is 0 Å². The van der Waals surface area contributed by atoms with Gasteiger partial charge >= 0.3 is 0 Å². The number of amidine groups is 1. The maximum absolute atomic E-state index is 11.3. The summed E-state index contributed by atoms with van der Waals surface area (Å²) in [6, 6.07) is 7.57. The maximum atomic E-state index is 11.3. The van der Waals surface area contributed by atoms with Gasteiger partial charge in [-0.05, 0) is 11.1 Å². The summed E-state index contributed by atoms with van der Waals surface area (Å²) in [5, 5.41) is 18.0. The summed E-state index contributed by atoms with van der Waals surface area (Å²) in [6.07, 6.45) is 0.598. The number of hydrogen-bond donors (Lipinski definition) is 3. The number of nitrogens with two attached hydrogens (primary N) is 1. The molecule has 1 amide bonds. The minimum absolute atomic E-state index is 0.0273. The van der Waals surface area contributed by atoms with E-state index in [-0.39, 0.29) is 23.2 Å². The molecule has 3 rings (SSSR count). The van der Waals surface area contributed by atoms with E-state index in [1.165, 1.54) is 0 Å². The van der Waals surface area contributed by atoms with Crippen molar-refractivity contribution in [3.8, 4) is 0 Å². The molecule has 0 aromatic heterocycles. The lowest BCUT2D eigenvalue weighted by molar-refractivity contribution is -0.114. The number of carbonyl (C=O) groups excluding carboxylic acids is 1. The molecule has 0 unspecified atom stereocenters. The first-order chi connectivity index (χ1) is 8.59. The van der Waals surface area contributed by atoms with Crippen molar-refractivity contribution < 1.29 is 9.90 Å². The molecule has 0 saturated carbocycles. The van der Waals surface area contributed by atoms with Gasteiger partial charge in [0.1, 0.15) is 17.2 Å². The van der Waals surface area contributed by atoms with Gasteiger partial charge in [0, 0.05) is 13.0 Å². The minimum atomic E-state index is -0.740. The first kappa shape index (κ1) is 10.8. The second-order valence-corrected chi connectivity index (χ2v) is 4.59. The summed E-state index contributed by atoms with van der Waals surface area (Å²) in [4.78, 5) is 13.0. The van der Waals surface area contributed by atoms with Crippen molar-refractivity contribution in [2.24, 2.45) is 5.73 Å². The molecule has 1 aromatic carbocycles. The molecule has 1 atom stereocenters. The van der Waals surface area contributed by atoms with Crippen molar-refractivity contribution in [2.75, 3.05) is 0 Å². The van der Waals surface area contributed by atoms with E-state index in [1.807, 2.05) is 24.3 Å². The fourth-order valence-electron chi connectivity index (χ4n) is 2.68. The largest absolute Gasteiger partial charge is 0.509 e. The standard InChI is InChI=1S/C13H13N3O2/c14-12-10(13(15)18)11(17)9-5-7-3-1-2-4-8(7)6-16(9)12/h1-4,9,14,17H,5-6H2,(H2,15,18)/t9-/m0/s1. The number of hydrogen-bond acceptors (Lipinski definition) is 3. The summed E-state index contributed by atoms with van der Waals surface area (Å²) < 4.78 is 0. The molecule has 5 heteroatoms. The lowest BCUT2D eigenvalue weighted by atomic mass is 9.94. The number of fused-ring (bicyclic) bond motifs is 2. The van der Waals surface area contributed by atoms with E-state index < -0.39 is 5.91 Å². The molecule has 2 aliphatic rings. The predicted octanol–water partition coefficient (Wildman–Crippen LogP) is 0.702. The molecule has 0 fully saturated rings. The van der Waals surface area contributed by atoms with Crippen LogP contribution >= 0.6 is 0 Å². The first-order valence-electron chi connectivity index (χ1n) is 5.75. The van der Waals surface area contributed by atoms with Gasteiger partial charge < -0.3 is 15.7 Å². The van der Waals surface area contributed by atoms with Crippen LogP contribution in [0.5, 0.6) is 0 Å². The van der Waals surface area contributed by atoms with Crippen LogP contribution in [0.2, 0.25) is 0 Å². The Hall–Kier alpha value is -2.30. The lowest BCUT2D eigenvalue weighted by Crippen LogP contribution is -2.40. The highest BCUT2D eigenvalue weighted by Crippen LogP contribution is 2.33. The molecule has 0 saturated heterocycles. The molecule has 1 aromatic rings. The maximum Gasteiger partial charge on any atom is 0.255 e. The molecule has 0 spiro atoms. The van der Waals surface area contributed by atoms with Crippen LogP contribution in [0.4, 0.5) is 0 Å². The molecule has 4 N–H and O–H groups in total. The second kappa shape index (κ2) is 3.60. The Morgan fingerprint density at radius 3 is 2.72 bits per heavy atom. The van der Waals surface area contributed by atoms with Gasteiger partial charge in [-0.15, -0.1) is 0 Å². The average Bonchev–Trinajstić information content (AvgIpc) is 2.59. The van der Waals surface area contributed by atoms with Crippen molar-refractivity contribution in [3.63, 3.8) is 0 Å². The number of primary amides is 1. The molecule has 2 aliphatic heterocycles. The number of rotatable bonds is 1. The minimum Gasteiger partial charge on any atom is -0.509 e. The highest BCUT2D eigenvalue weighted by atomic mass is 16.3. The summed E-state index contributed by atoms with van der Waals surface area (Å²) in [7, 11) is 0. The number of aliphatic hydroxyl groups excluding tert-OH is 1. The number of benzene rings is 1. The molecule has 92 valence electrons. The van der Waals surface area contributed by atoms with E-state index in [4.69, 9.17) is 11.1 Å². The molecule has 18 heavy (non-hydrogen) atoms. The normalized spacial score (nSPS) is 21.9. The van der Waals surface area contributed by atoms with Crippen LogP contribution in [0.1, 0.15) is 11.1 Å². The summed E-state index contributed by atoms with van der Waals surface area (Å²) in [6.45, 7) is 0.528. The SMILES string of the molecule is N=C1C(C(N)=O)=C(O)[C@@H]2Cc3ccccc3CN12. The number of aliphatic hydroxyl groups is 1. The lowest BCUT2D eigenvalue weighted by Gasteiger charge is -2.32. The Morgan fingerprint density at radius 1 is 1.39 bits per heavy atom. The zero-order chi connectivity index (χ0) is 12.9. The van der Waals surface area contributed by atoms with E-state index >= 15 is 0 Å². The van der Waals surface area contributed by atoms with Gasteiger partial charge in [-0.3, -0.25) is 10.2 Å². The highest BCUT2D eigenvalue weighted by molar-refractivity contribution is 6.21.